The lowest BCUT2D eigenvalue weighted by atomic mass is 9.97. The minimum Gasteiger partial charge on any atom is -0.490 e. The molecule has 5 rings (SSSR count). The maximum Gasteiger partial charge on any atom is 0.290 e. The van der Waals surface area contributed by atoms with Gasteiger partial charge in [-0.3, -0.25) is 14.5 Å². The molecule has 0 aliphatic carbocycles. The molecular formula is C29H32N2O5. The molecule has 36 heavy (non-hydrogen) atoms. The normalized spacial score (nSPS) is 18.0. The van der Waals surface area contributed by atoms with Crippen LogP contribution < -0.4 is 10.2 Å². The number of nitrogens with zero attached hydrogens (tertiary/aromatic N) is 2. The second kappa shape index (κ2) is 10.3. The predicted molar refractivity (Wildman–Crippen MR) is 139 cm³/mol. The van der Waals surface area contributed by atoms with E-state index in [0.717, 1.165) is 56.0 Å². The van der Waals surface area contributed by atoms with Crippen LogP contribution in [0, 0.1) is 13.8 Å². The molecule has 1 aromatic heterocycles. The van der Waals surface area contributed by atoms with Gasteiger partial charge < -0.3 is 18.8 Å². The molecule has 0 spiro atoms. The van der Waals surface area contributed by atoms with Crippen LogP contribution in [0.5, 0.6) is 5.75 Å². The first kappa shape index (κ1) is 24.3. The minimum absolute atomic E-state index is 0.143. The lowest BCUT2D eigenvalue weighted by Crippen LogP contribution is -2.38. The average molecular weight is 489 g/mol. The highest BCUT2D eigenvalue weighted by molar-refractivity contribution is 5.99. The molecule has 1 unspecified atom stereocenters. The van der Waals surface area contributed by atoms with Gasteiger partial charge in [0.15, 0.2) is 5.43 Å². The van der Waals surface area contributed by atoms with Crippen molar-refractivity contribution in [3.63, 3.8) is 0 Å². The van der Waals surface area contributed by atoms with Crippen molar-refractivity contribution in [2.45, 2.75) is 26.3 Å². The molecule has 1 fully saturated rings. The third kappa shape index (κ3) is 4.56. The van der Waals surface area contributed by atoms with Gasteiger partial charge in [0.25, 0.3) is 5.91 Å². The zero-order chi connectivity index (χ0) is 25.2. The van der Waals surface area contributed by atoms with Crippen molar-refractivity contribution in [2.75, 3.05) is 46.0 Å². The van der Waals surface area contributed by atoms with Crippen molar-refractivity contribution in [1.29, 1.82) is 0 Å². The molecule has 7 heteroatoms. The summed E-state index contributed by atoms with van der Waals surface area (Å²) in [7, 11) is 0. The van der Waals surface area contributed by atoms with Crippen LogP contribution in [0.3, 0.4) is 0 Å². The molecule has 188 valence electrons. The number of rotatable bonds is 8. The van der Waals surface area contributed by atoms with E-state index < -0.39 is 6.04 Å². The van der Waals surface area contributed by atoms with Crippen LogP contribution in [0.25, 0.3) is 11.0 Å². The van der Waals surface area contributed by atoms with Gasteiger partial charge in [-0.2, -0.15) is 0 Å². The predicted octanol–water partition coefficient (Wildman–Crippen LogP) is 4.24. The zero-order valence-corrected chi connectivity index (χ0v) is 20.9. The second-order valence-electron chi connectivity index (χ2n) is 9.49. The first-order chi connectivity index (χ1) is 17.5. The van der Waals surface area contributed by atoms with Crippen molar-refractivity contribution < 1.29 is 18.7 Å². The van der Waals surface area contributed by atoms with E-state index in [9.17, 15) is 9.59 Å². The third-order valence-corrected chi connectivity index (χ3v) is 7.10. The summed E-state index contributed by atoms with van der Waals surface area (Å²) in [6.45, 7) is 12.7. The maximum atomic E-state index is 13.8. The molecule has 2 aliphatic heterocycles. The summed E-state index contributed by atoms with van der Waals surface area (Å²) in [4.78, 5) is 31.6. The van der Waals surface area contributed by atoms with E-state index in [-0.39, 0.29) is 17.1 Å². The van der Waals surface area contributed by atoms with Crippen molar-refractivity contribution in [1.82, 2.24) is 9.80 Å². The summed E-state index contributed by atoms with van der Waals surface area (Å²) in [5, 5.41) is 0.504. The Morgan fingerprint density at radius 1 is 1.08 bits per heavy atom. The molecule has 1 atom stereocenters. The molecule has 2 aliphatic rings. The van der Waals surface area contributed by atoms with Crippen LogP contribution in [0.15, 0.2) is 58.3 Å². The number of ether oxygens (including phenoxy) is 2. The van der Waals surface area contributed by atoms with E-state index in [2.05, 4.69) is 11.5 Å². The lowest BCUT2D eigenvalue weighted by Gasteiger charge is -2.29. The molecule has 7 nitrogen and oxygen atoms in total. The van der Waals surface area contributed by atoms with Crippen molar-refractivity contribution in [2.24, 2.45) is 0 Å². The summed E-state index contributed by atoms with van der Waals surface area (Å²) in [5.74, 6) is 0.564. The first-order valence-corrected chi connectivity index (χ1v) is 12.5. The first-order valence-electron chi connectivity index (χ1n) is 12.5. The molecule has 0 saturated carbocycles. The zero-order valence-electron chi connectivity index (χ0n) is 20.9. The Kier molecular flexibility index (Phi) is 6.94. The summed E-state index contributed by atoms with van der Waals surface area (Å²) in [5.41, 5.74) is 3.56. The standard InChI is InChI=1S/C29H32N2O5/c1-4-13-35-22-8-5-7-21(18-22)26-25-27(32)23-16-19(2)20(3)17-24(23)36-28(25)29(33)31(26)10-6-9-30-11-14-34-15-12-30/h4-5,7-8,16-18,26H,1,6,9-15H2,2-3H3. The summed E-state index contributed by atoms with van der Waals surface area (Å²) in [6, 6.07) is 10.8. The fourth-order valence-electron chi connectivity index (χ4n) is 5.07. The van der Waals surface area contributed by atoms with E-state index >= 15 is 0 Å². The number of benzene rings is 2. The highest BCUT2D eigenvalue weighted by Crippen LogP contribution is 2.39. The van der Waals surface area contributed by atoms with E-state index in [4.69, 9.17) is 13.9 Å². The van der Waals surface area contributed by atoms with Crippen LogP contribution in [0.1, 0.15) is 45.3 Å². The quantitative estimate of drug-likeness (QED) is 0.442. The van der Waals surface area contributed by atoms with Gasteiger partial charge in [-0.25, -0.2) is 0 Å². The highest BCUT2D eigenvalue weighted by atomic mass is 16.5. The second-order valence-corrected chi connectivity index (χ2v) is 9.49. The summed E-state index contributed by atoms with van der Waals surface area (Å²) >= 11 is 0. The number of carbonyl (C=O) groups excluding carboxylic acids is 1. The Labute approximate surface area is 210 Å². The maximum absolute atomic E-state index is 13.8. The van der Waals surface area contributed by atoms with Gasteiger partial charge in [-0.05, 0) is 61.2 Å². The number of fused-ring (bicyclic) bond motifs is 2. The molecule has 0 N–H and O–H groups in total. The van der Waals surface area contributed by atoms with Crippen LogP contribution >= 0.6 is 0 Å². The molecule has 3 heterocycles. The van der Waals surface area contributed by atoms with Gasteiger partial charge in [0.2, 0.25) is 5.76 Å². The summed E-state index contributed by atoms with van der Waals surface area (Å²) in [6.07, 6.45) is 2.47. The Morgan fingerprint density at radius 2 is 1.86 bits per heavy atom. The Morgan fingerprint density at radius 3 is 2.64 bits per heavy atom. The number of amides is 1. The van der Waals surface area contributed by atoms with Gasteiger partial charge in [0.1, 0.15) is 17.9 Å². The van der Waals surface area contributed by atoms with E-state index in [1.807, 2.05) is 50.2 Å². The fourth-order valence-corrected chi connectivity index (χ4v) is 5.07. The smallest absolute Gasteiger partial charge is 0.290 e. The topological polar surface area (TPSA) is 72.2 Å². The number of aryl methyl sites for hydroxylation is 2. The molecule has 1 amide bonds. The monoisotopic (exact) mass is 488 g/mol. The van der Waals surface area contributed by atoms with Crippen molar-refractivity contribution >= 4 is 16.9 Å². The third-order valence-electron chi connectivity index (χ3n) is 7.10. The number of carbonyl (C=O) groups is 1. The highest BCUT2D eigenvalue weighted by Gasteiger charge is 2.42. The van der Waals surface area contributed by atoms with Crippen LogP contribution in [-0.4, -0.2) is 61.7 Å². The number of hydrogen-bond donors (Lipinski definition) is 0. The SMILES string of the molecule is C=CCOc1cccc(C2c3c(oc4cc(C)c(C)cc4c3=O)C(=O)N2CCCN2CCOCC2)c1. The molecule has 0 radical (unpaired) electrons. The molecular weight excluding hydrogens is 456 g/mol. The van der Waals surface area contributed by atoms with E-state index in [1.165, 1.54) is 0 Å². The largest absolute Gasteiger partial charge is 0.490 e. The van der Waals surface area contributed by atoms with E-state index in [0.29, 0.717) is 35.4 Å². The molecule has 3 aromatic rings. The Bertz CT molecular complexity index is 1360. The molecule has 2 aromatic carbocycles. The Hall–Kier alpha value is -3.42. The van der Waals surface area contributed by atoms with Gasteiger partial charge in [-0.15, -0.1) is 0 Å². The van der Waals surface area contributed by atoms with Gasteiger partial charge in [0.05, 0.1) is 30.2 Å². The van der Waals surface area contributed by atoms with Crippen LogP contribution in [0.2, 0.25) is 0 Å². The molecule has 0 bridgehead atoms. The fraction of sp³-hybridized carbons (Fsp3) is 0.379. The minimum atomic E-state index is -0.535. The lowest BCUT2D eigenvalue weighted by molar-refractivity contribution is 0.0353. The summed E-state index contributed by atoms with van der Waals surface area (Å²) < 4.78 is 17.3. The number of morpholine rings is 1. The Balaban J connectivity index is 1.55. The van der Waals surface area contributed by atoms with Crippen LogP contribution in [0.4, 0.5) is 0 Å². The van der Waals surface area contributed by atoms with Gasteiger partial charge in [0, 0.05) is 26.2 Å². The number of hydrogen-bond acceptors (Lipinski definition) is 6. The molecule has 1 saturated heterocycles. The average Bonchev–Trinajstić information content (AvgIpc) is 3.16. The van der Waals surface area contributed by atoms with Gasteiger partial charge in [-0.1, -0.05) is 24.8 Å². The van der Waals surface area contributed by atoms with Crippen molar-refractivity contribution in [3.05, 3.63) is 87.3 Å². The van der Waals surface area contributed by atoms with E-state index in [1.54, 1.807) is 11.0 Å². The van der Waals surface area contributed by atoms with Gasteiger partial charge >= 0.3 is 0 Å². The van der Waals surface area contributed by atoms with Crippen LogP contribution in [-0.2, 0) is 4.74 Å². The van der Waals surface area contributed by atoms with Crippen molar-refractivity contribution in [3.8, 4) is 5.75 Å².